The van der Waals surface area contributed by atoms with E-state index in [9.17, 15) is 4.79 Å². The first-order valence-corrected chi connectivity index (χ1v) is 4.94. The quantitative estimate of drug-likeness (QED) is 0.801. The highest BCUT2D eigenvalue weighted by Crippen LogP contribution is 2.06. The lowest BCUT2D eigenvalue weighted by molar-refractivity contribution is -0.118. The standard InChI is InChI=1S/C8H12BrN3O/c1-2-3-12(6-13)5-8-10-4-7(9)11-8/h4,6H,2-3,5H2,1H3,(H,10,11). The Labute approximate surface area is 85.5 Å². The minimum atomic E-state index is 0.545. The van der Waals surface area contributed by atoms with Crippen LogP contribution in [0, 0.1) is 0 Å². The van der Waals surface area contributed by atoms with Gasteiger partial charge in [0.1, 0.15) is 10.4 Å². The van der Waals surface area contributed by atoms with Gasteiger partial charge in [0.15, 0.2) is 0 Å². The van der Waals surface area contributed by atoms with E-state index in [0.29, 0.717) is 6.54 Å². The molecule has 1 N–H and O–H groups in total. The second kappa shape index (κ2) is 5.01. The van der Waals surface area contributed by atoms with Gasteiger partial charge in [-0.1, -0.05) is 6.92 Å². The minimum absolute atomic E-state index is 0.545. The summed E-state index contributed by atoms with van der Waals surface area (Å²) in [6.07, 6.45) is 3.49. The molecular formula is C8H12BrN3O. The molecule has 0 aliphatic rings. The van der Waals surface area contributed by atoms with Crippen molar-refractivity contribution in [2.24, 2.45) is 0 Å². The number of halogens is 1. The van der Waals surface area contributed by atoms with Gasteiger partial charge >= 0.3 is 0 Å². The summed E-state index contributed by atoms with van der Waals surface area (Å²) in [4.78, 5) is 19.4. The van der Waals surface area contributed by atoms with Crippen LogP contribution in [-0.2, 0) is 11.3 Å². The number of nitrogens with one attached hydrogen (secondary N) is 1. The maximum atomic E-state index is 10.6. The summed E-state index contributed by atoms with van der Waals surface area (Å²) in [6.45, 7) is 3.35. The molecule has 5 heteroatoms. The molecule has 0 aliphatic heterocycles. The molecule has 1 amide bonds. The van der Waals surface area contributed by atoms with Crippen LogP contribution in [0.3, 0.4) is 0 Å². The van der Waals surface area contributed by atoms with Gasteiger partial charge in [-0.3, -0.25) is 4.79 Å². The molecule has 1 aromatic heterocycles. The normalized spacial score (nSPS) is 10.0. The maximum absolute atomic E-state index is 10.6. The van der Waals surface area contributed by atoms with E-state index in [-0.39, 0.29) is 0 Å². The Morgan fingerprint density at radius 1 is 1.77 bits per heavy atom. The van der Waals surface area contributed by atoms with Crippen molar-refractivity contribution in [2.75, 3.05) is 6.54 Å². The van der Waals surface area contributed by atoms with Gasteiger partial charge in [-0.2, -0.15) is 0 Å². The number of nitrogens with zero attached hydrogens (tertiary/aromatic N) is 2. The lowest BCUT2D eigenvalue weighted by Crippen LogP contribution is -2.22. The Bertz CT molecular complexity index is 274. The molecule has 0 saturated carbocycles. The summed E-state index contributed by atoms with van der Waals surface area (Å²) in [7, 11) is 0. The number of amides is 1. The molecule has 0 radical (unpaired) electrons. The highest BCUT2D eigenvalue weighted by molar-refractivity contribution is 9.10. The van der Waals surface area contributed by atoms with Crippen LogP contribution in [-0.4, -0.2) is 27.8 Å². The van der Waals surface area contributed by atoms with Crippen molar-refractivity contribution in [3.8, 4) is 0 Å². The van der Waals surface area contributed by atoms with Crippen LogP contribution in [0.5, 0.6) is 0 Å². The number of aromatic amines is 1. The summed E-state index contributed by atoms with van der Waals surface area (Å²) < 4.78 is 0.838. The fourth-order valence-corrected chi connectivity index (χ4v) is 1.40. The highest BCUT2D eigenvalue weighted by atomic mass is 79.9. The topological polar surface area (TPSA) is 49.0 Å². The molecule has 1 aromatic rings. The number of hydrogen-bond acceptors (Lipinski definition) is 2. The zero-order valence-corrected chi connectivity index (χ0v) is 9.04. The molecular weight excluding hydrogens is 234 g/mol. The molecule has 0 fully saturated rings. The van der Waals surface area contributed by atoms with E-state index in [0.717, 1.165) is 29.8 Å². The Hall–Kier alpha value is -0.840. The number of H-pyrrole nitrogens is 1. The first kappa shape index (κ1) is 10.2. The molecule has 1 rings (SSSR count). The average molecular weight is 246 g/mol. The molecule has 0 unspecified atom stereocenters. The summed E-state index contributed by atoms with van der Waals surface area (Å²) >= 11 is 3.26. The Kier molecular flexibility index (Phi) is 3.95. The fourth-order valence-electron chi connectivity index (χ4n) is 1.07. The first-order valence-electron chi connectivity index (χ1n) is 4.15. The van der Waals surface area contributed by atoms with Gasteiger partial charge in [-0.05, 0) is 22.4 Å². The van der Waals surface area contributed by atoms with Crippen molar-refractivity contribution < 1.29 is 4.79 Å². The second-order valence-corrected chi connectivity index (χ2v) is 3.61. The summed E-state index contributed by atoms with van der Waals surface area (Å²) in [5, 5.41) is 0. The van der Waals surface area contributed by atoms with Gasteiger partial charge in [0, 0.05) is 6.54 Å². The monoisotopic (exact) mass is 245 g/mol. The van der Waals surface area contributed by atoms with Crippen molar-refractivity contribution in [3.63, 3.8) is 0 Å². The van der Waals surface area contributed by atoms with Gasteiger partial charge in [-0.15, -0.1) is 0 Å². The van der Waals surface area contributed by atoms with Crippen LogP contribution >= 0.6 is 15.9 Å². The zero-order chi connectivity index (χ0) is 9.68. The Morgan fingerprint density at radius 2 is 2.54 bits per heavy atom. The molecule has 72 valence electrons. The van der Waals surface area contributed by atoms with Gasteiger partial charge in [0.05, 0.1) is 12.7 Å². The van der Waals surface area contributed by atoms with Crippen molar-refractivity contribution >= 4 is 22.3 Å². The van der Waals surface area contributed by atoms with E-state index in [2.05, 4.69) is 25.9 Å². The summed E-state index contributed by atoms with van der Waals surface area (Å²) in [5.74, 6) is 0.799. The Balaban J connectivity index is 2.51. The van der Waals surface area contributed by atoms with Crippen LogP contribution in [0.2, 0.25) is 0 Å². The molecule has 0 atom stereocenters. The fraction of sp³-hybridized carbons (Fsp3) is 0.500. The van der Waals surface area contributed by atoms with Gasteiger partial charge in [0.25, 0.3) is 0 Å². The van der Waals surface area contributed by atoms with E-state index in [4.69, 9.17) is 0 Å². The molecule has 13 heavy (non-hydrogen) atoms. The molecule has 0 aliphatic carbocycles. The van der Waals surface area contributed by atoms with Crippen LogP contribution in [0.25, 0.3) is 0 Å². The molecule has 1 heterocycles. The second-order valence-electron chi connectivity index (χ2n) is 2.75. The smallest absolute Gasteiger partial charge is 0.210 e. The highest BCUT2D eigenvalue weighted by Gasteiger charge is 2.04. The van der Waals surface area contributed by atoms with E-state index >= 15 is 0 Å². The summed E-state index contributed by atoms with van der Waals surface area (Å²) in [5.41, 5.74) is 0. The van der Waals surface area contributed by atoms with Crippen molar-refractivity contribution in [1.82, 2.24) is 14.9 Å². The number of carbonyl (C=O) groups excluding carboxylic acids is 1. The predicted octanol–water partition coefficient (Wildman–Crippen LogP) is 1.54. The van der Waals surface area contributed by atoms with E-state index in [1.165, 1.54) is 0 Å². The van der Waals surface area contributed by atoms with Crippen molar-refractivity contribution in [2.45, 2.75) is 19.9 Å². The number of imidazole rings is 1. The number of aromatic nitrogens is 2. The molecule has 4 nitrogen and oxygen atoms in total. The van der Waals surface area contributed by atoms with Crippen LogP contribution < -0.4 is 0 Å². The number of carbonyl (C=O) groups is 1. The number of hydrogen-bond donors (Lipinski definition) is 1. The lowest BCUT2D eigenvalue weighted by Gasteiger charge is -2.13. The van der Waals surface area contributed by atoms with E-state index in [1.54, 1.807) is 11.1 Å². The average Bonchev–Trinajstić information content (AvgIpc) is 2.50. The van der Waals surface area contributed by atoms with Crippen LogP contribution in [0.1, 0.15) is 19.2 Å². The largest absolute Gasteiger partial charge is 0.338 e. The third-order valence-corrected chi connectivity index (χ3v) is 2.01. The SMILES string of the molecule is CCCN(C=O)Cc1ncc(Br)[nH]1. The van der Waals surface area contributed by atoms with E-state index < -0.39 is 0 Å². The van der Waals surface area contributed by atoms with Crippen LogP contribution in [0.4, 0.5) is 0 Å². The van der Waals surface area contributed by atoms with Gasteiger partial charge in [0.2, 0.25) is 6.41 Å². The van der Waals surface area contributed by atoms with Crippen molar-refractivity contribution in [1.29, 1.82) is 0 Å². The lowest BCUT2D eigenvalue weighted by atomic mass is 10.4. The molecule has 0 spiro atoms. The van der Waals surface area contributed by atoms with Gasteiger partial charge < -0.3 is 9.88 Å². The minimum Gasteiger partial charge on any atom is -0.338 e. The zero-order valence-electron chi connectivity index (χ0n) is 7.46. The van der Waals surface area contributed by atoms with E-state index in [1.807, 2.05) is 6.92 Å². The molecule has 0 aromatic carbocycles. The predicted molar refractivity (Wildman–Crippen MR) is 53.1 cm³/mol. The first-order chi connectivity index (χ1) is 6.26. The Morgan fingerprint density at radius 3 is 3.00 bits per heavy atom. The molecule has 0 bridgehead atoms. The third kappa shape index (κ3) is 3.18. The van der Waals surface area contributed by atoms with Crippen LogP contribution in [0.15, 0.2) is 10.8 Å². The maximum Gasteiger partial charge on any atom is 0.210 e. The van der Waals surface area contributed by atoms with Crippen molar-refractivity contribution in [3.05, 3.63) is 16.6 Å². The van der Waals surface area contributed by atoms with Gasteiger partial charge in [-0.25, -0.2) is 4.98 Å². The third-order valence-electron chi connectivity index (χ3n) is 1.61. The molecule has 0 saturated heterocycles. The number of rotatable bonds is 5. The summed E-state index contributed by atoms with van der Waals surface area (Å²) in [6, 6.07) is 0.